The molecule has 3 aromatic rings. The second-order valence-electron chi connectivity index (χ2n) is 4.74. The summed E-state index contributed by atoms with van der Waals surface area (Å²) in [5, 5.41) is 4.77. The third-order valence-electron chi connectivity index (χ3n) is 3.44. The Morgan fingerprint density at radius 1 is 1.32 bits per heavy atom. The first-order chi connectivity index (χ1) is 9.34. The molecule has 4 nitrogen and oxygen atoms in total. The van der Waals surface area contributed by atoms with Crippen LogP contribution in [0.2, 0.25) is 0 Å². The van der Waals surface area contributed by atoms with Crippen LogP contribution in [-0.2, 0) is 20.0 Å². The highest BCUT2D eigenvalue weighted by molar-refractivity contribution is 5.82. The van der Waals surface area contributed by atoms with Crippen LogP contribution in [0.25, 0.3) is 10.9 Å². The predicted octanol–water partition coefficient (Wildman–Crippen LogP) is 2.23. The lowest BCUT2D eigenvalue weighted by Gasteiger charge is -2.04. The Hall–Kier alpha value is -2.07. The third kappa shape index (κ3) is 2.53. The Kier molecular flexibility index (Phi) is 3.33. The zero-order valence-corrected chi connectivity index (χ0v) is 11.1. The fraction of sp³-hybridized carbons (Fsp3) is 0.267. The van der Waals surface area contributed by atoms with Crippen LogP contribution >= 0.6 is 0 Å². The van der Waals surface area contributed by atoms with Crippen LogP contribution in [0.4, 0.5) is 0 Å². The molecular formula is C15H18N4. The molecule has 2 heterocycles. The highest BCUT2D eigenvalue weighted by Crippen LogP contribution is 2.17. The molecule has 0 fully saturated rings. The van der Waals surface area contributed by atoms with Crippen LogP contribution < -0.4 is 5.32 Å². The van der Waals surface area contributed by atoms with Gasteiger partial charge in [0.15, 0.2) is 0 Å². The van der Waals surface area contributed by atoms with E-state index in [0.29, 0.717) is 0 Å². The summed E-state index contributed by atoms with van der Waals surface area (Å²) in [4.78, 5) is 7.61. The Balaban J connectivity index is 1.57. The number of para-hydroxylation sites is 1. The molecule has 2 N–H and O–H groups in total. The first-order valence-electron chi connectivity index (χ1n) is 6.56. The van der Waals surface area contributed by atoms with E-state index in [9.17, 15) is 0 Å². The molecule has 1 aromatic carbocycles. The van der Waals surface area contributed by atoms with Gasteiger partial charge >= 0.3 is 0 Å². The Morgan fingerprint density at radius 2 is 2.21 bits per heavy atom. The van der Waals surface area contributed by atoms with Crippen molar-refractivity contribution in [1.29, 1.82) is 0 Å². The van der Waals surface area contributed by atoms with Crippen molar-refractivity contribution in [2.24, 2.45) is 7.05 Å². The van der Waals surface area contributed by atoms with E-state index < -0.39 is 0 Å². The summed E-state index contributed by atoms with van der Waals surface area (Å²) in [5.41, 5.74) is 2.51. The molecule has 3 rings (SSSR count). The lowest BCUT2D eigenvalue weighted by molar-refractivity contribution is 0.657. The first kappa shape index (κ1) is 12.0. The SMILES string of the molecule is Cn1ccnc1CCNCc1c[nH]c2ccccc12. The number of hydrogen-bond donors (Lipinski definition) is 2. The second-order valence-corrected chi connectivity index (χ2v) is 4.74. The fourth-order valence-corrected chi connectivity index (χ4v) is 2.34. The molecule has 0 amide bonds. The van der Waals surface area contributed by atoms with E-state index in [1.165, 1.54) is 16.5 Å². The molecule has 0 aliphatic heterocycles. The molecular weight excluding hydrogens is 236 g/mol. The smallest absolute Gasteiger partial charge is 0.109 e. The van der Waals surface area contributed by atoms with Crippen LogP contribution in [0.3, 0.4) is 0 Å². The number of nitrogens with one attached hydrogen (secondary N) is 2. The molecule has 98 valence electrons. The molecule has 0 aliphatic carbocycles. The van der Waals surface area contributed by atoms with Crippen molar-refractivity contribution >= 4 is 10.9 Å². The number of fused-ring (bicyclic) bond motifs is 1. The average molecular weight is 254 g/mol. The number of benzene rings is 1. The minimum absolute atomic E-state index is 0.883. The van der Waals surface area contributed by atoms with Crippen LogP contribution in [0.1, 0.15) is 11.4 Å². The van der Waals surface area contributed by atoms with Gasteiger partial charge in [0.05, 0.1) is 0 Å². The molecule has 0 spiro atoms. The van der Waals surface area contributed by atoms with Gasteiger partial charge in [0.25, 0.3) is 0 Å². The molecule has 0 radical (unpaired) electrons. The number of imidazole rings is 1. The molecule has 0 atom stereocenters. The second kappa shape index (κ2) is 5.28. The van der Waals surface area contributed by atoms with Gasteiger partial charge in [-0.3, -0.25) is 0 Å². The summed E-state index contributed by atoms with van der Waals surface area (Å²) in [5.74, 6) is 1.12. The maximum absolute atomic E-state index is 4.32. The zero-order valence-electron chi connectivity index (χ0n) is 11.1. The zero-order chi connectivity index (χ0) is 13.1. The van der Waals surface area contributed by atoms with Crippen molar-refractivity contribution in [3.05, 3.63) is 54.2 Å². The summed E-state index contributed by atoms with van der Waals surface area (Å²) in [7, 11) is 2.03. The molecule has 19 heavy (non-hydrogen) atoms. The van der Waals surface area contributed by atoms with Gasteiger partial charge in [-0.1, -0.05) is 18.2 Å². The fourth-order valence-electron chi connectivity index (χ4n) is 2.34. The van der Waals surface area contributed by atoms with E-state index in [1.54, 1.807) is 0 Å². The number of aromatic amines is 1. The summed E-state index contributed by atoms with van der Waals surface area (Å²) in [6.45, 7) is 1.82. The minimum atomic E-state index is 0.883. The van der Waals surface area contributed by atoms with Crippen molar-refractivity contribution in [1.82, 2.24) is 19.9 Å². The summed E-state index contributed by atoms with van der Waals surface area (Å²) >= 11 is 0. The van der Waals surface area contributed by atoms with Gasteiger partial charge in [-0.15, -0.1) is 0 Å². The lowest BCUT2D eigenvalue weighted by atomic mass is 10.2. The van der Waals surface area contributed by atoms with Gasteiger partial charge in [-0.2, -0.15) is 0 Å². The minimum Gasteiger partial charge on any atom is -0.361 e. The van der Waals surface area contributed by atoms with Crippen LogP contribution in [0, 0.1) is 0 Å². The number of aromatic nitrogens is 3. The van der Waals surface area contributed by atoms with E-state index in [-0.39, 0.29) is 0 Å². The predicted molar refractivity (Wildman–Crippen MR) is 76.9 cm³/mol. The molecule has 0 unspecified atom stereocenters. The van der Waals surface area contributed by atoms with Gasteiger partial charge in [-0.25, -0.2) is 4.98 Å². The highest BCUT2D eigenvalue weighted by Gasteiger charge is 2.02. The van der Waals surface area contributed by atoms with Gasteiger partial charge in [0.2, 0.25) is 0 Å². The number of rotatable bonds is 5. The van der Waals surface area contributed by atoms with Gasteiger partial charge < -0.3 is 14.9 Å². The first-order valence-corrected chi connectivity index (χ1v) is 6.56. The summed E-state index contributed by atoms with van der Waals surface area (Å²) < 4.78 is 2.06. The van der Waals surface area contributed by atoms with Gasteiger partial charge in [0.1, 0.15) is 5.82 Å². The molecule has 4 heteroatoms. The van der Waals surface area contributed by atoms with E-state index >= 15 is 0 Å². The van der Waals surface area contributed by atoms with E-state index in [4.69, 9.17) is 0 Å². The standard InChI is InChI=1S/C15H18N4/c1-19-9-8-17-15(19)6-7-16-10-12-11-18-14-5-3-2-4-13(12)14/h2-5,8-9,11,16,18H,6-7,10H2,1H3. The van der Waals surface area contributed by atoms with Crippen molar-refractivity contribution in [3.63, 3.8) is 0 Å². The van der Waals surface area contributed by atoms with Crippen LogP contribution in [0.15, 0.2) is 42.9 Å². The van der Waals surface area contributed by atoms with Crippen molar-refractivity contribution in [2.75, 3.05) is 6.54 Å². The normalized spacial score (nSPS) is 11.2. The topological polar surface area (TPSA) is 45.6 Å². The van der Waals surface area contributed by atoms with Gasteiger partial charge in [-0.05, 0) is 11.6 Å². The van der Waals surface area contributed by atoms with Crippen molar-refractivity contribution in [3.8, 4) is 0 Å². The van der Waals surface area contributed by atoms with Crippen molar-refractivity contribution < 1.29 is 0 Å². The largest absolute Gasteiger partial charge is 0.361 e. The maximum Gasteiger partial charge on any atom is 0.109 e. The third-order valence-corrected chi connectivity index (χ3v) is 3.44. The number of H-pyrrole nitrogens is 1. The monoisotopic (exact) mass is 254 g/mol. The molecule has 2 aromatic heterocycles. The van der Waals surface area contributed by atoms with E-state index in [1.807, 2.05) is 19.4 Å². The molecule has 0 saturated heterocycles. The van der Waals surface area contributed by atoms with E-state index in [0.717, 1.165) is 25.3 Å². The summed E-state index contributed by atoms with van der Waals surface area (Å²) in [6, 6.07) is 8.39. The maximum atomic E-state index is 4.32. The molecule has 0 bridgehead atoms. The van der Waals surface area contributed by atoms with Gasteiger partial charge in [0, 0.05) is 56.1 Å². The average Bonchev–Trinajstić information content (AvgIpc) is 3.02. The van der Waals surface area contributed by atoms with E-state index in [2.05, 4.69) is 50.3 Å². The molecule has 0 aliphatic rings. The van der Waals surface area contributed by atoms with Crippen LogP contribution in [0.5, 0.6) is 0 Å². The summed E-state index contributed by atoms with van der Waals surface area (Å²) in [6.07, 6.45) is 6.86. The quantitative estimate of drug-likeness (QED) is 0.686. The Labute approximate surface area is 112 Å². The van der Waals surface area contributed by atoms with Crippen LogP contribution in [-0.4, -0.2) is 21.1 Å². The number of nitrogens with zero attached hydrogens (tertiary/aromatic N) is 2. The lowest BCUT2D eigenvalue weighted by Crippen LogP contribution is -2.17. The number of aryl methyl sites for hydroxylation is 1. The Morgan fingerprint density at radius 3 is 3.05 bits per heavy atom. The molecule has 0 saturated carbocycles. The number of hydrogen-bond acceptors (Lipinski definition) is 2. The Bertz CT molecular complexity index is 665. The van der Waals surface area contributed by atoms with Crippen molar-refractivity contribution in [2.45, 2.75) is 13.0 Å². The highest BCUT2D eigenvalue weighted by atomic mass is 15.0.